The van der Waals surface area contributed by atoms with Gasteiger partial charge in [0.1, 0.15) is 23.3 Å². The monoisotopic (exact) mass is 997 g/mol. The summed E-state index contributed by atoms with van der Waals surface area (Å²) in [5, 5.41) is 33.9. The number of hydrogen-bond acceptors (Lipinski definition) is 5. The van der Waals surface area contributed by atoms with Crippen LogP contribution >= 0.6 is 22.7 Å². The van der Waals surface area contributed by atoms with Crippen molar-refractivity contribution in [3.63, 3.8) is 0 Å². The van der Waals surface area contributed by atoms with Crippen molar-refractivity contribution in [2.75, 3.05) is 4.90 Å². The molecule has 8 heteroatoms. The minimum Gasteiger partial charge on any atom is -0.309 e. The van der Waals surface area contributed by atoms with Crippen LogP contribution in [0.25, 0.3) is 118 Å². The molecule has 0 saturated carbocycles. The Bertz CT molecular complexity index is 4840. The first kappa shape index (κ1) is 41.7. The van der Waals surface area contributed by atoms with Gasteiger partial charge in [-0.3, -0.25) is 0 Å². The van der Waals surface area contributed by atoms with Gasteiger partial charge in [-0.25, -0.2) is 0 Å². The molecular weight excluding hydrogens is 962 g/mol. The number of thiophene rings is 2. The van der Waals surface area contributed by atoms with E-state index in [4.69, 9.17) is 0 Å². The van der Waals surface area contributed by atoms with E-state index in [1.807, 2.05) is 22.7 Å². The highest BCUT2D eigenvalue weighted by Crippen LogP contribution is 2.49. The molecule has 0 aliphatic carbocycles. The third-order valence-corrected chi connectivity index (χ3v) is 18.7. The molecule has 5 nitrogen and oxygen atoms in total. The second kappa shape index (κ2) is 15.4. The normalized spacial score (nSPS) is 12.4. The van der Waals surface area contributed by atoms with Gasteiger partial charge in [0.05, 0.1) is 28.1 Å². The summed E-state index contributed by atoms with van der Waals surface area (Å²) < 4.78 is 9.76. The molecule has 17 rings (SSSR count). The summed E-state index contributed by atoms with van der Waals surface area (Å²) >= 11 is 3.64. The summed E-state index contributed by atoms with van der Waals surface area (Å²) in [4.78, 5) is 2.18. The van der Waals surface area contributed by atoms with E-state index in [9.17, 15) is 10.5 Å². The number of aromatic nitrogens is 2. The zero-order valence-electron chi connectivity index (χ0n) is 40.4. The van der Waals surface area contributed by atoms with E-state index in [1.165, 1.54) is 40.3 Å². The average molecular weight is 998 g/mol. The molecule has 15 aromatic rings. The second-order valence-corrected chi connectivity index (χ2v) is 22.3. The summed E-state index contributed by atoms with van der Waals surface area (Å²) in [6.07, 6.45) is 0. The van der Waals surface area contributed by atoms with Gasteiger partial charge in [-0.1, -0.05) is 146 Å². The van der Waals surface area contributed by atoms with Crippen molar-refractivity contribution < 1.29 is 0 Å². The molecule has 348 valence electrons. The average Bonchev–Trinajstić information content (AvgIpc) is 4.32. The second-order valence-electron chi connectivity index (χ2n) is 20.1. The molecule has 76 heavy (non-hydrogen) atoms. The molecule has 0 saturated heterocycles. The van der Waals surface area contributed by atoms with Gasteiger partial charge in [0.25, 0.3) is 6.71 Å². The molecule has 0 N–H and O–H groups in total. The van der Waals surface area contributed by atoms with Crippen molar-refractivity contribution in [2.24, 2.45) is 0 Å². The van der Waals surface area contributed by atoms with Crippen LogP contribution in [-0.2, 0) is 0 Å². The number of nitriles is 2. The van der Waals surface area contributed by atoms with Crippen LogP contribution in [0.3, 0.4) is 0 Å². The predicted octanol–water partition coefficient (Wildman–Crippen LogP) is 16.3. The van der Waals surface area contributed by atoms with Gasteiger partial charge in [-0.2, -0.15) is 10.5 Å². The van der Waals surface area contributed by atoms with Gasteiger partial charge >= 0.3 is 0 Å². The first-order valence-electron chi connectivity index (χ1n) is 25.6. The smallest absolute Gasteiger partial charge is 0.252 e. The Hall–Kier alpha value is -9.70. The van der Waals surface area contributed by atoms with Crippen molar-refractivity contribution in [1.82, 2.24) is 9.13 Å². The summed E-state index contributed by atoms with van der Waals surface area (Å²) in [7, 11) is 0. The van der Waals surface area contributed by atoms with Crippen LogP contribution in [0.2, 0.25) is 0 Å². The highest BCUT2D eigenvalue weighted by Gasteiger charge is 2.45. The molecule has 2 aliphatic rings. The SMILES string of the molecule is N#Cc1c(N(c2ccc(-c3ccc4sc5ccccc5c4c3)cc2)c2ccc(-c3ccc4sc5ccccc5c4c3)cc2)c(C#N)c2c3c1-n1c4ccccc4c4cccc(c41)B3c1cccc3c4ccccc4n-2c13. The van der Waals surface area contributed by atoms with Crippen LogP contribution in [0.1, 0.15) is 11.1 Å². The summed E-state index contributed by atoms with van der Waals surface area (Å²) in [5.41, 5.74) is 16.6. The first-order chi connectivity index (χ1) is 37.6. The van der Waals surface area contributed by atoms with E-state index in [2.05, 4.69) is 245 Å². The lowest BCUT2D eigenvalue weighted by Crippen LogP contribution is -2.60. The molecule has 0 atom stereocenters. The zero-order chi connectivity index (χ0) is 49.9. The highest BCUT2D eigenvalue weighted by atomic mass is 32.1. The molecule has 0 radical (unpaired) electrons. The number of nitrogens with zero attached hydrogens (tertiary/aromatic N) is 5. The van der Waals surface area contributed by atoms with Crippen molar-refractivity contribution in [3.8, 4) is 45.8 Å². The summed E-state index contributed by atoms with van der Waals surface area (Å²) in [6.45, 7) is -0.248. The quantitative estimate of drug-likeness (QED) is 0.161. The Morgan fingerprint density at radius 2 is 0.763 bits per heavy atom. The third kappa shape index (κ3) is 5.51. The standard InChI is InChI=1S/C68H36BN5S2/c70-37-53-64(54(38-71)68-63-67(53)73-57-19-5-1-11-45(57)49-15-9-17-55(65(49)73)69(63)56-18-10-16-50-46-12-2-6-20-58(46)74(68)66(50)56)72(43-29-23-39(24-30-43)41-27-33-61-51(35-41)47-13-3-7-21-59(47)75-61)44-31-25-40(26-32-44)42-28-34-62-52(36-42)48-14-4-8-22-60(48)76-62/h1-36H. The van der Waals surface area contributed by atoms with E-state index in [-0.39, 0.29) is 6.71 Å². The van der Waals surface area contributed by atoms with Crippen molar-refractivity contribution in [1.29, 1.82) is 10.5 Å². The molecule has 0 spiro atoms. The Morgan fingerprint density at radius 3 is 1.22 bits per heavy atom. The molecule has 0 fully saturated rings. The maximum atomic E-state index is 12.2. The van der Waals surface area contributed by atoms with Crippen molar-refractivity contribution >= 4 is 147 Å². The van der Waals surface area contributed by atoms with E-state index in [0.717, 1.165) is 105 Å². The molecule has 0 bridgehead atoms. The predicted molar refractivity (Wildman–Crippen MR) is 321 cm³/mol. The fourth-order valence-electron chi connectivity index (χ4n) is 13.2. The van der Waals surface area contributed by atoms with E-state index in [1.54, 1.807) is 0 Å². The van der Waals surface area contributed by atoms with Crippen LogP contribution in [0.5, 0.6) is 0 Å². The molecule has 6 heterocycles. The van der Waals surface area contributed by atoms with Crippen LogP contribution in [0.4, 0.5) is 17.1 Å². The Morgan fingerprint density at radius 1 is 0.368 bits per heavy atom. The molecule has 0 amide bonds. The molecule has 4 aromatic heterocycles. The van der Waals surface area contributed by atoms with Crippen LogP contribution in [-0.4, -0.2) is 15.8 Å². The Kier molecular flexibility index (Phi) is 8.47. The third-order valence-electron chi connectivity index (χ3n) is 16.4. The van der Waals surface area contributed by atoms with Crippen LogP contribution in [0, 0.1) is 22.7 Å². The van der Waals surface area contributed by atoms with E-state index >= 15 is 0 Å². The van der Waals surface area contributed by atoms with Gasteiger partial charge in [0, 0.05) is 84.3 Å². The maximum absolute atomic E-state index is 12.2. The summed E-state index contributed by atoms with van der Waals surface area (Å²) in [5.74, 6) is 0. The van der Waals surface area contributed by atoms with E-state index in [0.29, 0.717) is 16.8 Å². The number of para-hydroxylation sites is 4. The number of anilines is 3. The number of hydrogen-bond donors (Lipinski definition) is 0. The Balaban J connectivity index is 0.958. The molecule has 0 unspecified atom stereocenters. The van der Waals surface area contributed by atoms with Gasteiger partial charge in [-0.15, -0.1) is 22.7 Å². The lowest BCUT2D eigenvalue weighted by Gasteiger charge is -2.37. The molecule has 2 aliphatic heterocycles. The number of benzene rings is 11. The minimum absolute atomic E-state index is 0.248. The number of fused-ring (bicyclic) bond motifs is 16. The van der Waals surface area contributed by atoms with Crippen molar-refractivity contribution in [3.05, 3.63) is 230 Å². The van der Waals surface area contributed by atoms with Gasteiger partial charge in [0.2, 0.25) is 0 Å². The van der Waals surface area contributed by atoms with Crippen LogP contribution < -0.4 is 21.3 Å². The lowest BCUT2D eigenvalue weighted by atomic mass is 9.34. The topological polar surface area (TPSA) is 60.7 Å². The van der Waals surface area contributed by atoms with Crippen molar-refractivity contribution in [2.45, 2.75) is 0 Å². The van der Waals surface area contributed by atoms with Gasteiger partial charge in [0.15, 0.2) is 0 Å². The number of rotatable bonds is 5. The largest absolute Gasteiger partial charge is 0.309 e. The fourth-order valence-corrected chi connectivity index (χ4v) is 15.4. The maximum Gasteiger partial charge on any atom is 0.252 e. The first-order valence-corrected chi connectivity index (χ1v) is 27.2. The van der Waals surface area contributed by atoms with E-state index < -0.39 is 0 Å². The zero-order valence-corrected chi connectivity index (χ0v) is 42.0. The minimum atomic E-state index is -0.248. The Labute approximate surface area is 443 Å². The van der Waals surface area contributed by atoms with Gasteiger partial charge < -0.3 is 14.0 Å². The summed E-state index contributed by atoms with van der Waals surface area (Å²) in [6, 6.07) is 84.2. The van der Waals surface area contributed by atoms with Crippen LogP contribution in [0.15, 0.2) is 218 Å². The van der Waals surface area contributed by atoms with Gasteiger partial charge in [-0.05, 0) is 111 Å². The molecule has 11 aromatic carbocycles. The lowest BCUT2D eigenvalue weighted by molar-refractivity contribution is 1.11. The fraction of sp³-hybridized carbons (Fsp3) is 0. The molecular formula is C68H36BN5S2. The highest BCUT2D eigenvalue weighted by molar-refractivity contribution is 7.26.